The number of aliphatic imine (C=N–C) groups is 1. The highest BCUT2D eigenvalue weighted by molar-refractivity contribution is 5.80. The van der Waals surface area contributed by atoms with Crippen LogP contribution in [0.15, 0.2) is 35.3 Å². The third kappa shape index (κ3) is 3.17. The fraction of sp³-hybridized carbons (Fsp3) is 0.667. The van der Waals surface area contributed by atoms with Crippen molar-refractivity contribution in [3.05, 3.63) is 35.9 Å². The Kier molecular flexibility index (Phi) is 4.98. The maximum atomic E-state index is 6.10. The molecule has 1 aliphatic heterocycles. The molecule has 136 valence electrons. The minimum Gasteiger partial charge on any atom is -0.377 e. The molecule has 4 heteroatoms. The van der Waals surface area contributed by atoms with E-state index in [1.165, 1.54) is 37.7 Å². The number of benzene rings is 1. The van der Waals surface area contributed by atoms with Crippen molar-refractivity contribution >= 4 is 5.96 Å². The second-order valence-corrected chi connectivity index (χ2v) is 7.80. The van der Waals surface area contributed by atoms with E-state index in [2.05, 4.69) is 47.9 Å². The van der Waals surface area contributed by atoms with Crippen LogP contribution in [0.4, 0.5) is 0 Å². The molecule has 1 aromatic rings. The molecule has 25 heavy (non-hydrogen) atoms. The van der Waals surface area contributed by atoms with E-state index in [4.69, 9.17) is 9.73 Å². The van der Waals surface area contributed by atoms with Crippen molar-refractivity contribution in [2.45, 2.75) is 57.6 Å². The van der Waals surface area contributed by atoms with Gasteiger partial charge in [0.15, 0.2) is 5.96 Å². The number of fused-ring (bicyclic) bond motifs is 2. The van der Waals surface area contributed by atoms with Crippen LogP contribution >= 0.6 is 0 Å². The van der Waals surface area contributed by atoms with Crippen LogP contribution in [0.3, 0.4) is 0 Å². The van der Waals surface area contributed by atoms with E-state index in [1.54, 1.807) is 0 Å². The van der Waals surface area contributed by atoms with Gasteiger partial charge in [-0.2, -0.15) is 0 Å². The summed E-state index contributed by atoms with van der Waals surface area (Å²) in [5.74, 6) is 1.66. The first kappa shape index (κ1) is 16.9. The fourth-order valence-corrected chi connectivity index (χ4v) is 5.31. The number of hydrogen-bond acceptors (Lipinski definition) is 2. The molecule has 4 rings (SSSR count). The van der Waals surface area contributed by atoms with Gasteiger partial charge >= 0.3 is 0 Å². The largest absolute Gasteiger partial charge is 0.377 e. The molecule has 1 heterocycles. The zero-order valence-electron chi connectivity index (χ0n) is 15.3. The van der Waals surface area contributed by atoms with Crippen molar-refractivity contribution in [3.63, 3.8) is 0 Å². The van der Waals surface area contributed by atoms with Crippen LogP contribution in [0.5, 0.6) is 0 Å². The molecule has 3 fully saturated rings. The van der Waals surface area contributed by atoms with Crippen molar-refractivity contribution in [2.75, 3.05) is 19.7 Å². The Morgan fingerprint density at radius 3 is 2.80 bits per heavy atom. The van der Waals surface area contributed by atoms with E-state index in [0.29, 0.717) is 23.5 Å². The maximum Gasteiger partial charge on any atom is 0.191 e. The molecule has 3 atom stereocenters. The van der Waals surface area contributed by atoms with Crippen molar-refractivity contribution in [3.8, 4) is 0 Å². The van der Waals surface area contributed by atoms with Gasteiger partial charge in [0.1, 0.15) is 0 Å². The van der Waals surface area contributed by atoms with Crippen molar-refractivity contribution < 1.29 is 4.74 Å². The quantitative estimate of drug-likeness (QED) is 0.639. The predicted molar refractivity (Wildman–Crippen MR) is 102 cm³/mol. The molecule has 2 N–H and O–H groups in total. The lowest BCUT2D eigenvalue weighted by molar-refractivity contribution is -0.125. The summed E-state index contributed by atoms with van der Waals surface area (Å²) >= 11 is 0. The molecule has 1 aromatic carbocycles. The summed E-state index contributed by atoms with van der Waals surface area (Å²) in [6, 6.07) is 11.2. The van der Waals surface area contributed by atoms with Crippen molar-refractivity contribution in [2.24, 2.45) is 16.3 Å². The maximum absolute atomic E-state index is 6.10. The number of hydrogen-bond donors (Lipinski definition) is 2. The number of nitrogens with zero attached hydrogens (tertiary/aromatic N) is 1. The molecule has 2 saturated carbocycles. The zero-order valence-corrected chi connectivity index (χ0v) is 15.3. The molecule has 0 aromatic heterocycles. The lowest BCUT2D eigenvalue weighted by Crippen LogP contribution is -2.69. The van der Waals surface area contributed by atoms with Gasteiger partial charge in [-0.25, -0.2) is 0 Å². The monoisotopic (exact) mass is 341 g/mol. The second-order valence-electron chi connectivity index (χ2n) is 7.80. The molecule has 0 bridgehead atoms. The first-order valence-electron chi connectivity index (χ1n) is 10.0. The molecule has 1 saturated heterocycles. The van der Waals surface area contributed by atoms with Gasteiger partial charge in [0.2, 0.25) is 0 Å². The predicted octanol–water partition coefficient (Wildman–Crippen LogP) is 3.13. The molecule has 3 unspecified atom stereocenters. The van der Waals surface area contributed by atoms with E-state index in [1.807, 2.05) is 0 Å². The third-order valence-corrected chi connectivity index (χ3v) is 6.44. The summed E-state index contributed by atoms with van der Waals surface area (Å²) in [7, 11) is 0. The Morgan fingerprint density at radius 2 is 2.04 bits per heavy atom. The zero-order chi connectivity index (χ0) is 17.1. The van der Waals surface area contributed by atoms with Crippen LogP contribution in [0.2, 0.25) is 0 Å². The van der Waals surface area contributed by atoms with Gasteiger partial charge in [0.25, 0.3) is 0 Å². The van der Waals surface area contributed by atoms with Crippen molar-refractivity contribution in [1.29, 1.82) is 0 Å². The smallest absolute Gasteiger partial charge is 0.191 e. The van der Waals surface area contributed by atoms with E-state index in [-0.39, 0.29) is 0 Å². The number of guanidine groups is 1. The van der Waals surface area contributed by atoms with Gasteiger partial charge < -0.3 is 15.4 Å². The summed E-state index contributed by atoms with van der Waals surface area (Å²) in [6.45, 7) is 4.81. The van der Waals surface area contributed by atoms with Gasteiger partial charge in [-0.05, 0) is 38.2 Å². The average Bonchev–Trinajstić information content (AvgIpc) is 3.29. The van der Waals surface area contributed by atoms with Gasteiger partial charge in [-0.15, -0.1) is 0 Å². The van der Waals surface area contributed by atoms with Crippen LogP contribution < -0.4 is 10.6 Å². The Hall–Kier alpha value is -1.55. The normalized spacial score (nSPS) is 30.1. The van der Waals surface area contributed by atoms with Gasteiger partial charge in [0.05, 0.1) is 6.10 Å². The molecular formula is C21H31N3O. The summed E-state index contributed by atoms with van der Waals surface area (Å²) in [4.78, 5) is 4.85. The number of rotatable bonds is 5. The third-order valence-electron chi connectivity index (χ3n) is 6.44. The average molecular weight is 341 g/mol. The minimum atomic E-state index is 0.372. The van der Waals surface area contributed by atoms with E-state index in [0.717, 1.165) is 32.1 Å². The van der Waals surface area contributed by atoms with Crippen LogP contribution in [0.25, 0.3) is 0 Å². The summed E-state index contributed by atoms with van der Waals surface area (Å²) in [5.41, 5.74) is 1.72. The number of ether oxygens (including phenoxy) is 1. The van der Waals surface area contributed by atoms with E-state index >= 15 is 0 Å². The SMILES string of the molecule is CCNC(=NCCc1ccccc1)NC1C2CCOC2C12CCCC2. The highest BCUT2D eigenvalue weighted by Crippen LogP contribution is 2.60. The molecular weight excluding hydrogens is 310 g/mol. The van der Waals surface area contributed by atoms with E-state index in [9.17, 15) is 0 Å². The standard InChI is InChI=1S/C21H31N3O/c1-2-22-20(23-14-10-16-8-4-3-5-9-16)24-18-17-11-15-25-19(17)21(18)12-6-7-13-21/h3-5,8-9,17-19H,2,6-7,10-15H2,1H3,(H2,22,23,24). The van der Waals surface area contributed by atoms with Crippen LogP contribution in [-0.4, -0.2) is 37.8 Å². The Morgan fingerprint density at radius 1 is 1.24 bits per heavy atom. The fourth-order valence-electron chi connectivity index (χ4n) is 5.31. The van der Waals surface area contributed by atoms with Gasteiger partial charge in [-0.1, -0.05) is 43.2 Å². The van der Waals surface area contributed by atoms with Crippen LogP contribution in [0.1, 0.15) is 44.6 Å². The van der Waals surface area contributed by atoms with Crippen LogP contribution in [-0.2, 0) is 11.2 Å². The van der Waals surface area contributed by atoms with Crippen molar-refractivity contribution in [1.82, 2.24) is 10.6 Å². The lowest BCUT2D eigenvalue weighted by atomic mass is 9.54. The first-order chi connectivity index (χ1) is 12.3. The molecule has 0 amide bonds. The summed E-state index contributed by atoms with van der Waals surface area (Å²) in [5, 5.41) is 7.26. The minimum absolute atomic E-state index is 0.372. The van der Waals surface area contributed by atoms with E-state index < -0.39 is 0 Å². The summed E-state index contributed by atoms with van der Waals surface area (Å²) in [6.07, 6.45) is 8.03. The molecule has 0 radical (unpaired) electrons. The Bertz CT molecular complexity index is 594. The molecule has 1 spiro atoms. The highest BCUT2D eigenvalue weighted by Gasteiger charge is 2.65. The number of nitrogens with one attached hydrogen (secondary N) is 2. The first-order valence-corrected chi connectivity index (χ1v) is 10.0. The lowest BCUT2D eigenvalue weighted by Gasteiger charge is -2.57. The van der Waals surface area contributed by atoms with Crippen LogP contribution in [0, 0.1) is 11.3 Å². The second kappa shape index (κ2) is 7.36. The summed E-state index contributed by atoms with van der Waals surface area (Å²) < 4.78 is 6.10. The van der Waals surface area contributed by atoms with Gasteiger partial charge in [-0.3, -0.25) is 4.99 Å². The Labute approximate surface area is 151 Å². The molecule has 4 nitrogen and oxygen atoms in total. The topological polar surface area (TPSA) is 45.7 Å². The van der Waals surface area contributed by atoms with Gasteiger partial charge in [0, 0.05) is 37.1 Å². The Balaban J connectivity index is 1.41. The molecule has 3 aliphatic rings. The molecule has 2 aliphatic carbocycles. The highest BCUT2D eigenvalue weighted by atomic mass is 16.5.